The summed E-state index contributed by atoms with van der Waals surface area (Å²) >= 11 is 0. The van der Waals surface area contributed by atoms with Gasteiger partial charge in [-0.05, 0) is 59.4 Å². The number of alkyl halides is 3. The number of carbonyl (C=O) groups is 1. The number of hydrogen-bond acceptors (Lipinski definition) is 7. The van der Waals surface area contributed by atoms with E-state index in [1.54, 1.807) is 24.5 Å². The molecule has 1 saturated heterocycles. The zero-order valence-electron chi connectivity index (χ0n) is 23.4. The number of aliphatic hydroxyl groups is 1. The van der Waals surface area contributed by atoms with Crippen molar-refractivity contribution in [1.29, 1.82) is 0 Å². The van der Waals surface area contributed by atoms with Crippen LogP contribution in [0.25, 0.3) is 11.1 Å². The van der Waals surface area contributed by atoms with Gasteiger partial charge in [-0.15, -0.1) is 0 Å². The van der Waals surface area contributed by atoms with Crippen LogP contribution in [0.2, 0.25) is 0 Å². The first-order valence-electron chi connectivity index (χ1n) is 13.7. The Hall–Kier alpha value is -3.31. The molecule has 0 amide bonds. The third-order valence-corrected chi connectivity index (χ3v) is 7.61. The van der Waals surface area contributed by atoms with Gasteiger partial charge in [0.25, 0.3) is 0 Å². The van der Waals surface area contributed by atoms with Crippen molar-refractivity contribution >= 4 is 5.97 Å². The van der Waals surface area contributed by atoms with Crippen LogP contribution in [-0.4, -0.2) is 70.9 Å². The molecular formula is C31H37F3N4O3. The van der Waals surface area contributed by atoms with Gasteiger partial charge in [-0.2, -0.15) is 13.2 Å². The first-order valence-corrected chi connectivity index (χ1v) is 13.7. The second-order valence-corrected chi connectivity index (χ2v) is 10.7. The van der Waals surface area contributed by atoms with E-state index >= 15 is 0 Å². The molecule has 1 aliphatic heterocycles. The van der Waals surface area contributed by atoms with Gasteiger partial charge in [0.2, 0.25) is 0 Å². The Labute approximate surface area is 238 Å². The molecule has 1 unspecified atom stereocenters. The molecule has 220 valence electrons. The van der Waals surface area contributed by atoms with Crippen LogP contribution >= 0.6 is 0 Å². The minimum atomic E-state index is -4.76. The van der Waals surface area contributed by atoms with Gasteiger partial charge < -0.3 is 15.6 Å². The highest BCUT2D eigenvalue weighted by Crippen LogP contribution is 2.39. The molecule has 4 rings (SSSR count). The molecule has 1 fully saturated rings. The second-order valence-electron chi connectivity index (χ2n) is 10.7. The number of pyridine rings is 1. The van der Waals surface area contributed by atoms with Crippen molar-refractivity contribution < 1.29 is 27.8 Å². The Morgan fingerprint density at radius 3 is 2.39 bits per heavy atom. The quantitative estimate of drug-likeness (QED) is 0.349. The van der Waals surface area contributed by atoms with Crippen molar-refractivity contribution in [1.82, 2.24) is 14.8 Å². The van der Waals surface area contributed by atoms with E-state index in [1.807, 2.05) is 31.2 Å². The Morgan fingerprint density at radius 2 is 1.76 bits per heavy atom. The molecule has 2 heterocycles. The summed E-state index contributed by atoms with van der Waals surface area (Å²) in [5.41, 5.74) is 7.30. The molecule has 1 aliphatic rings. The van der Waals surface area contributed by atoms with Crippen LogP contribution < -0.4 is 5.73 Å². The van der Waals surface area contributed by atoms with Gasteiger partial charge in [0.1, 0.15) is 6.61 Å². The van der Waals surface area contributed by atoms with E-state index in [-0.39, 0.29) is 37.1 Å². The predicted octanol–water partition coefficient (Wildman–Crippen LogP) is 4.41. The molecule has 0 bridgehead atoms. The van der Waals surface area contributed by atoms with Crippen molar-refractivity contribution in [3.05, 3.63) is 89.2 Å². The topological polar surface area (TPSA) is 91.9 Å². The maximum Gasteiger partial charge on any atom is 0.421 e. The predicted molar refractivity (Wildman–Crippen MR) is 151 cm³/mol. The molecule has 2 aromatic carbocycles. The zero-order chi connectivity index (χ0) is 29.6. The van der Waals surface area contributed by atoms with Crippen molar-refractivity contribution in [3.8, 4) is 11.1 Å². The summed E-state index contributed by atoms with van der Waals surface area (Å²) < 4.78 is 44.9. The van der Waals surface area contributed by atoms with E-state index in [9.17, 15) is 23.1 Å². The number of halogens is 3. The van der Waals surface area contributed by atoms with E-state index in [0.717, 1.165) is 54.4 Å². The molecule has 3 N–H and O–H groups in total. The van der Waals surface area contributed by atoms with Gasteiger partial charge in [-0.25, -0.2) is 0 Å². The van der Waals surface area contributed by atoms with Crippen LogP contribution in [0.1, 0.15) is 35.6 Å². The summed E-state index contributed by atoms with van der Waals surface area (Å²) in [6.07, 6.45) is -0.956. The fraction of sp³-hybridized carbons (Fsp3) is 0.419. The van der Waals surface area contributed by atoms with Crippen molar-refractivity contribution in [2.45, 2.75) is 51.2 Å². The molecule has 0 spiro atoms. The maximum absolute atomic E-state index is 13.2. The Kier molecular flexibility index (Phi) is 9.80. The van der Waals surface area contributed by atoms with Crippen LogP contribution in [0, 0.1) is 6.92 Å². The molecule has 0 aliphatic carbocycles. The summed E-state index contributed by atoms with van der Waals surface area (Å²) in [6.45, 7) is 6.97. The fourth-order valence-corrected chi connectivity index (χ4v) is 5.19. The maximum atomic E-state index is 13.2. The lowest BCUT2D eigenvalue weighted by Crippen LogP contribution is -2.53. The minimum absolute atomic E-state index is 0.0185. The van der Waals surface area contributed by atoms with Gasteiger partial charge in [-0.1, -0.05) is 42.5 Å². The number of hydrogen-bond donors (Lipinski definition) is 2. The average Bonchev–Trinajstić information content (AvgIpc) is 2.93. The molecule has 0 radical (unpaired) electrons. The average molecular weight is 571 g/mol. The molecule has 41 heavy (non-hydrogen) atoms. The number of rotatable bonds is 10. The number of nitrogens with two attached hydrogens (primary N) is 1. The SMILES string of the molecule is Cc1cc(CN2CCN(Cc3ccncc3)[C@@H](CC(=O)OCCN)C2)ccc1-c1ccc(C(C)(O)C(F)(F)F)cc1. The first kappa shape index (κ1) is 30.6. The Morgan fingerprint density at radius 1 is 1.05 bits per heavy atom. The molecule has 7 nitrogen and oxygen atoms in total. The fourth-order valence-electron chi connectivity index (χ4n) is 5.19. The van der Waals surface area contributed by atoms with Crippen LogP contribution in [-0.2, 0) is 28.2 Å². The molecule has 0 saturated carbocycles. The summed E-state index contributed by atoms with van der Waals surface area (Å²) in [7, 11) is 0. The second kappa shape index (κ2) is 13.1. The number of piperazine rings is 1. The van der Waals surface area contributed by atoms with Gasteiger partial charge in [-0.3, -0.25) is 19.6 Å². The van der Waals surface area contributed by atoms with Gasteiger partial charge in [0.15, 0.2) is 5.60 Å². The monoisotopic (exact) mass is 570 g/mol. The number of aryl methyl sites for hydroxylation is 1. The van der Waals surface area contributed by atoms with E-state index < -0.39 is 11.8 Å². The van der Waals surface area contributed by atoms with Crippen molar-refractivity contribution in [3.63, 3.8) is 0 Å². The normalized spacial score (nSPS) is 18.2. The van der Waals surface area contributed by atoms with Crippen LogP contribution in [0.15, 0.2) is 67.0 Å². The molecule has 10 heteroatoms. The van der Waals surface area contributed by atoms with E-state index in [4.69, 9.17) is 10.5 Å². The molecule has 2 atom stereocenters. The number of benzene rings is 2. The van der Waals surface area contributed by atoms with Gasteiger partial charge >= 0.3 is 12.1 Å². The lowest BCUT2D eigenvalue weighted by molar-refractivity contribution is -0.258. The molecular weight excluding hydrogens is 533 g/mol. The third kappa shape index (κ3) is 7.71. The molecule has 3 aromatic rings. The minimum Gasteiger partial charge on any atom is -0.464 e. The highest BCUT2D eigenvalue weighted by molar-refractivity contribution is 5.70. The summed E-state index contributed by atoms with van der Waals surface area (Å²) in [5.74, 6) is -0.259. The Balaban J connectivity index is 1.44. The lowest BCUT2D eigenvalue weighted by Gasteiger charge is -2.41. The highest BCUT2D eigenvalue weighted by Gasteiger charge is 2.51. The largest absolute Gasteiger partial charge is 0.464 e. The van der Waals surface area contributed by atoms with E-state index in [2.05, 4.69) is 20.9 Å². The number of ether oxygens (including phenoxy) is 1. The number of carbonyl (C=O) groups excluding carboxylic acids is 1. The van der Waals surface area contributed by atoms with Crippen molar-refractivity contribution in [2.75, 3.05) is 32.8 Å². The summed E-state index contributed by atoms with van der Waals surface area (Å²) in [6, 6.07) is 15.9. The number of nitrogens with zero attached hydrogens (tertiary/aromatic N) is 3. The third-order valence-electron chi connectivity index (χ3n) is 7.61. The van der Waals surface area contributed by atoms with Crippen LogP contribution in [0.3, 0.4) is 0 Å². The molecule has 1 aromatic heterocycles. The number of aromatic nitrogens is 1. The zero-order valence-corrected chi connectivity index (χ0v) is 23.4. The van der Waals surface area contributed by atoms with E-state index in [1.165, 1.54) is 12.1 Å². The highest BCUT2D eigenvalue weighted by atomic mass is 19.4. The summed E-state index contributed by atoms with van der Waals surface area (Å²) in [5, 5.41) is 9.96. The van der Waals surface area contributed by atoms with Crippen LogP contribution in [0.4, 0.5) is 13.2 Å². The van der Waals surface area contributed by atoms with Gasteiger partial charge in [0, 0.05) is 57.7 Å². The smallest absolute Gasteiger partial charge is 0.421 e. The standard InChI is InChI=1S/C31H37F3N4O3/c1-22-17-24(3-8-28(22)25-4-6-26(7-5-25)30(2,40)31(32,33)34)19-37-14-15-38(20-23-9-12-36-13-10-23)27(21-37)18-29(39)41-16-11-35/h3-10,12-13,17,27,40H,11,14-16,18-21,35H2,1-2H3/t27-,30?/m0/s1. The van der Waals surface area contributed by atoms with Gasteiger partial charge in [0.05, 0.1) is 6.42 Å². The van der Waals surface area contributed by atoms with Crippen LogP contribution in [0.5, 0.6) is 0 Å². The van der Waals surface area contributed by atoms with E-state index in [0.29, 0.717) is 13.1 Å². The summed E-state index contributed by atoms with van der Waals surface area (Å²) in [4.78, 5) is 21.2. The van der Waals surface area contributed by atoms with Crippen molar-refractivity contribution in [2.24, 2.45) is 5.73 Å². The Bertz CT molecular complexity index is 1300. The first-order chi connectivity index (χ1) is 19.5. The lowest BCUT2D eigenvalue weighted by atomic mass is 9.92. The number of esters is 1.